The van der Waals surface area contributed by atoms with Crippen LogP contribution in [0.3, 0.4) is 0 Å². The molecular formula is C16H23N3O3. The second-order valence-corrected chi connectivity index (χ2v) is 4.64. The average molecular weight is 305 g/mol. The zero-order valence-corrected chi connectivity index (χ0v) is 13.4. The van der Waals surface area contributed by atoms with E-state index in [4.69, 9.17) is 14.2 Å². The number of nitrogens with one attached hydrogen (secondary N) is 1. The molecule has 0 radical (unpaired) electrons. The highest BCUT2D eigenvalue weighted by atomic mass is 16.5. The van der Waals surface area contributed by atoms with E-state index in [1.807, 2.05) is 32.9 Å². The van der Waals surface area contributed by atoms with E-state index < -0.39 is 0 Å². The highest BCUT2D eigenvalue weighted by molar-refractivity contribution is 5.56. The summed E-state index contributed by atoms with van der Waals surface area (Å²) >= 11 is 0. The third-order valence-corrected chi connectivity index (χ3v) is 3.15. The molecule has 0 spiro atoms. The summed E-state index contributed by atoms with van der Waals surface area (Å²) in [5.41, 5.74) is 2.01. The van der Waals surface area contributed by atoms with Gasteiger partial charge >= 0.3 is 0 Å². The summed E-state index contributed by atoms with van der Waals surface area (Å²) < 4.78 is 17.2. The van der Waals surface area contributed by atoms with Crippen LogP contribution >= 0.6 is 0 Å². The predicted molar refractivity (Wildman–Crippen MR) is 83.7 cm³/mol. The molecular weight excluding hydrogens is 282 g/mol. The first-order valence-corrected chi connectivity index (χ1v) is 7.69. The van der Waals surface area contributed by atoms with E-state index >= 15 is 0 Å². The molecule has 0 atom stereocenters. The molecule has 1 heterocycles. The molecule has 0 aliphatic rings. The average Bonchev–Trinajstić information content (AvgIpc) is 3.03. The summed E-state index contributed by atoms with van der Waals surface area (Å²) in [4.78, 5) is 0. The minimum atomic E-state index is 0.562. The molecule has 0 fully saturated rings. The van der Waals surface area contributed by atoms with Gasteiger partial charge in [0, 0.05) is 0 Å². The number of rotatable bonds is 9. The summed E-state index contributed by atoms with van der Waals surface area (Å²) in [7, 11) is 0. The smallest absolute Gasteiger partial charge is 0.203 e. The van der Waals surface area contributed by atoms with Crippen molar-refractivity contribution in [3.8, 4) is 17.2 Å². The van der Waals surface area contributed by atoms with Crippen molar-refractivity contribution in [2.75, 3.05) is 19.8 Å². The molecule has 2 aromatic rings. The van der Waals surface area contributed by atoms with E-state index in [1.165, 1.54) is 0 Å². The largest absolute Gasteiger partial charge is 0.490 e. The maximum absolute atomic E-state index is 5.83. The molecule has 0 aliphatic heterocycles. The van der Waals surface area contributed by atoms with Crippen LogP contribution in [0.25, 0.3) is 0 Å². The molecule has 0 bridgehead atoms. The van der Waals surface area contributed by atoms with Crippen molar-refractivity contribution in [2.45, 2.75) is 33.6 Å². The molecule has 2 rings (SSSR count). The van der Waals surface area contributed by atoms with E-state index in [2.05, 4.69) is 15.4 Å². The number of ether oxygens (including phenoxy) is 3. The molecule has 1 aromatic heterocycles. The van der Waals surface area contributed by atoms with Crippen molar-refractivity contribution in [1.29, 1.82) is 0 Å². The Morgan fingerprint density at radius 1 is 0.909 bits per heavy atom. The van der Waals surface area contributed by atoms with Crippen LogP contribution in [0.15, 0.2) is 18.3 Å². The van der Waals surface area contributed by atoms with E-state index in [9.17, 15) is 0 Å². The minimum absolute atomic E-state index is 0.562. The van der Waals surface area contributed by atoms with E-state index in [0.29, 0.717) is 25.6 Å². The molecule has 1 aromatic carbocycles. The zero-order chi connectivity index (χ0) is 15.8. The highest BCUT2D eigenvalue weighted by Crippen LogP contribution is 2.41. The van der Waals surface area contributed by atoms with Gasteiger partial charge in [-0.3, -0.25) is 0 Å². The highest BCUT2D eigenvalue weighted by Gasteiger charge is 2.17. The Bertz CT molecular complexity index is 570. The minimum Gasteiger partial charge on any atom is -0.490 e. The predicted octanol–water partition coefficient (Wildman–Crippen LogP) is 2.79. The summed E-state index contributed by atoms with van der Waals surface area (Å²) in [6.07, 6.45) is 3.32. The monoisotopic (exact) mass is 305 g/mol. The van der Waals surface area contributed by atoms with Gasteiger partial charge in [0.2, 0.25) is 5.75 Å². The molecule has 0 saturated heterocycles. The normalized spacial score (nSPS) is 10.5. The van der Waals surface area contributed by atoms with Gasteiger partial charge in [-0.2, -0.15) is 15.4 Å². The van der Waals surface area contributed by atoms with Crippen molar-refractivity contribution in [3.05, 3.63) is 29.6 Å². The van der Waals surface area contributed by atoms with E-state index in [-0.39, 0.29) is 0 Å². The van der Waals surface area contributed by atoms with Crippen LogP contribution in [0.5, 0.6) is 17.2 Å². The fourth-order valence-electron chi connectivity index (χ4n) is 2.24. The standard InChI is InChI=1S/C16H23N3O3/c1-4-20-14-10-8-12(7-9-13-11-17-19-18-13)15(21-5-2)16(14)22-6-3/h8,10-11H,4-7,9H2,1-3H3,(H,17,18,19). The van der Waals surface area contributed by atoms with Crippen molar-refractivity contribution in [1.82, 2.24) is 15.4 Å². The number of nitrogens with zero attached hydrogens (tertiary/aromatic N) is 2. The first-order chi connectivity index (χ1) is 10.8. The van der Waals surface area contributed by atoms with Gasteiger partial charge < -0.3 is 14.2 Å². The van der Waals surface area contributed by atoms with Gasteiger partial charge in [-0.1, -0.05) is 6.07 Å². The summed E-state index contributed by atoms with van der Waals surface area (Å²) in [6, 6.07) is 3.97. The van der Waals surface area contributed by atoms with Crippen LogP contribution in [0, 0.1) is 0 Å². The number of aromatic nitrogens is 3. The lowest BCUT2D eigenvalue weighted by molar-refractivity contribution is 0.259. The lowest BCUT2D eigenvalue weighted by atomic mass is 10.1. The Morgan fingerprint density at radius 3 is 2.27 bits per heavy atom. The molecule has 1 N–H and O–H groups in total. The van der Waals surface area contributed by atoms with Crippen LogP contribution in [-0.2, 0) is 12.8 Å². The van der Waals surface area contributed by atoms with Gasteiger partial charge in [-0.25, -0.2) is 0 Å². The lowest BCUT2D eigenvalue weighted by Crippen LogP contribution is -2.05. The van der Waals surface area contributed by atoms with Crippen molar-refractivity contribution in [2.24, 2.45) is 0 Å². The van der Waals surface area contributed by atoms with Gasteiger partial charge in [0.25, 0.3) is 0 Å². The maximum Gasteiger partial charge on any atom is 0.203 e. The molecule has 0 unspecified atom stereocenters. The summed E-state index contributed by atoms with van der Waals surface area (Å²) in [5, 5.41) is 10.5. The quantitative estimate of drug-likeness (QED) is 0.771. The topological polar surface area (TPSA) is 69.3 Å². The van der Waals surface area contributed by atoms with Crippen LogP contribution in [0.1, 0.15) is 32.0 Å². The third kappa shape index (κ3) is 3.90. The SMILES string of the molecule is CCOc1ccc(CCc2cn[nH]n2)c(OCC)c1OCC. The molecule has 0 saturated carbocycles. The van der Waals surface area contributed by atoms with Gasteiger partial charge in [0.1, 0.15) is 0 Å². The van der Waals surface area contributed by atoms with Crippen LogP contribution in [-0.4, -0.2) is 35.2 Å². The van der Waals surface area contributed by atoms with Gasteiger partial charge in [-0.05, 0) is 45.2 Å². The van der Waals surface area contributed by atoms with Crippen LogP contribution in [0.4, 0.5) is 0 Å². The molecule has 6 nitrogen and oxygen atoms in total. The Morgan fingerprint density at radius 2 is 1.64 bits per heavy atom. The number of aromatic amines is 1. The molecule has 0 aliphatic carbocycles. The van der Waals surface area contributed by atoms with Crippen molar-refractivity contribution in [3.63, 3.8) is 0 Å². The molecule has 22 heavy (non-hydrogen) atoms. The number of H-pyrrole nitrogens is 1. The number of benzene rings is 1. The van der Waals surface area contributed by atoms with Crippen LogP contribution < -0.4 is 14.2 Å². The number of aryl methyl sites for hydroxylation is 2. The zero-order valence-electron chi connectivity index (χ0n) is 13.4. The van der Waals surface area contributed by atoms with Crippen molar-refractivity contribution >= 4 is 0 Å². The Kier molecular flexibility index (Phi) is 6.06. The first kappa shape index (κ1) is 16.1. The molecule has 120 valence electrons. The molecule has 6 heteroatoms. The number of hydrogen-bond donors (Lipinski definition) is 1. The van der Waals surface area contributed by atoms with Crippen molar-refractivity contribution < 1.29 is 14.2 Å². The Balaban J connectivity index is 2.28. The van der Waals surface area contributed by atoms with Crippen LogP contribution in [0.2, 0.25) is 0 Å². The number of hydrogen-bond acceptors (Lipinski definition) is 5. The fraction of sp³-hybridized carbons (Fsp3) is 0.500. The lowest BCUT2D eigenvalue weighted by Gasteiger charge is -2.18. The summed E-state index contributed by atoms with van der Waals surface area (Å²) in [6.45, 7) is 7.59. The maximum atomic E-state index is 5.83. The van der Waals surface area contributed by atoms with E-state index in [1.54, 1.807) is 6.20 Å². The first-order valence-electron chi connectivity index (χ1n) is 7.69. The van der Waals surface area contributed by atoms with Gasteiger partial charge in [0.15, 0.2) is 11.5 Å². The fourth-order valence-corrected chi connectivity index (χ4v) is 2.24. The van der Waals surface area contributed by atoms with Gasteiger partial charge in [0.05, 0.1) is 31.7 Å². The second-order valence-electron chi connectivity index (χ2n) is 4.64. The second kappa shape index (κ2) is 8.26. The third-order valence-electron chi connectivity index (χ3n) is 3.15. The van der Waals surface area contributed by atoms with E-state index in [0.717, 1.165) is 35.6 Å². The Hall–Kier alpha value is -2.24. The summed E-state index contributed by atoms with van der Waals surface area (Å²) in [5.74, 6) is 2.17. The molecule has 0 amide bonds. The van der Waals surface area contributed by atoms with Gasteiger partial charge in [-0.15, -0.1) is 0 Å². The Labute approximate surface area is 130 Å².